The van der Waals surface area contributed by atoms with Crippen LogP contribution in [0.15, 0.2) is 12.2 Å². The monoisotopic (exact) mass is 241 g/mol. The molecule has 0 aromatic rings. The summed E-state index contributed by atoms with van der Waals surface area (Å²) in [5, 5.41) is 0. The molecular formula is C15H31NO. The molecule has 0 bridgehead atoms. The average molecular weight is 241 g/mol. The fourth-order valence-corrected chi connectivity index (χ4v) is 1.91. The lowest BCUT2D eigenvalue weighted by Crippen LogP contribution is -2.52. The quantitative estimate of drug-likeness (QED) is 0.654. The maximum Gasteiger partial charge on any atom is 0.0728 e. The molecule has 0 radical (unpaired) electrons. The van der Waals surface area contributed by atoms with Crippen molar-refractivity contribution < 1.29 is 4.74 Å². The number of unbranched alkanes of at least 4 members (excludes halogenated alkanes) is 1. The molecule has 2 nitrogen and oxygen atoms in total. The molecule has 0 saturated carbocycles. The van der Waals surface area contributed by atoms with E-state index in [9.17, 15) is 0 Å². The summed E-state index contributed by atoms with van der Waals surface area (Å²) in [6, 6.07) is 0.0717. The molecule has 0 fully saturated rings. The second kappa shape index (κ2) is 7.17. The van der Waals surface area contributed by atoms with Gasteiger partial charge in [-0.2, -0.15) is 0 Å². The molecule has 2 heteroatoms. The average Bonchev–Trinajstić information content (AvgIpc) is 2.26. The van der Waals surface area contributed by atoms with Gasteiger partial charge in [-0.05, 0) is 33.6 Å². The molecule has 0 heterocycles. The Bertz CT molecular complexity index is 233. The van der Waals surface area contributed by atoms with Gasteiger partial charge in [-0.3, -0.25) is 0 Å². The summed E-state index contributed by atoms with van der Waals surface area (Å²) in [5.41, 5.74) is 5.82. The maximum absolute atomic E-state index is 6.18. The molecule has 102 valence electrons. The number of hydrogen-bond acceptors (Lipinski definition) is 2. The molecule has 0 aromatic heterocycles. The molecule has 0 aromatic carbocycles. The van der Waals surface area contributed by atoms with Gasteiger partial charge in [-0.25, -0.2) is 0 Å². The van der Waals surface area contributed by atoms with Crippen LogP contribution in [0.4, 0.5) is 0 Å². The van der Waals surface area contributed by atoms with Crippen molar-refractivity contribution in [2.45, 2.75) is 72.4 Å². The lowest BCUT2D eigenvalue weighted by molar-refractivity contribution is -0.0918. The Hall–Kier alpha value is -0.340. The molecular weight excluding hydrogens is 210 g/mol. The first-order valence-corrected chi connectivity index (χ1v) is 6.89. The van der Waals surface area contributed by atoms with Gasteiger partial charge in [0.2, 0.25) is 0 Å². The van der Waals surface area contributed by atoms with Crippen LogP contribution in [0.25, 0.3) is 0 Å². The predicted molar refractivity (Wildman–Crippen MR) is 76.1 cm³/mol. The summed E-state index contributed by atoms with van der Waals surface area (Å²) in [4.78, 5) is 0. The molecule has 0 saturated heterocycles. The Morgan fingerprint density at radius 3 is 2.18 bits per heavy atom. The van der Waals surface area contributed by atoms with E-state index >= 15 is 0 Å². The number of nitrogens with two attached hydrogens (primary N) is 1. The third kappa shape index (κ3) is 4.44. The zero-order valence-corrected chi connectivity index (χ0v) is 12.5. The molecule has 17 heavy (non-hydrogen) atoms. The minimum Gasteiger partial charge on any atom is -0.375 e. The van der Waals surface area contributed by atoms with E-state index < -0.39 is 0 Å². The van der Waals surface area contributed by atoms with Crippen molar-refractivity contribution in [3.8, 4) is 0 Å². The first-order valence-electron chi connectivity index (χ1n) is 6.89. The predicted octanol–water partition coefficient (Wildman–Crippen LogP) is 3.90. The Labute approximate surface area is 108 Å². The summed E-state index contributed by atoms with van der Waals surface area (Å²) in [5.74, 6) is 0. The van der Waals surface area contributed by atoms with Crippen molar-refractivity contribution in [3.63, 3.8) is 0 Å². The van der Waals surface area contributed by atoms with Gasteiger partial charge in [-0.15, -0.1) is 0 Å². The van der Waals surface area contributed by atoms with Gasteiger partial charge in [0.25, 0.3) is 0 Å². The standard InChI is InChI=1S/C15H31NO/c1-7-9-10-11-15(6,13(3)16)14(4,5)17-12-8-2/h10-11,13H,7-9,12,16H2,1-6H3/b11-10+/t13-,15?/m0/s1. The van der Waals surface area contributed by atoms with Crippen LogP contribution >= 0.6 is 0 Å². The first kappa shape index (κ1) is 16.7. The van der Waals surface area contributed by atoms with Crippen LogP contribution in [0, 0.1) is 5.41 Å². The summed E-state index contributed by atoms with van der Waals surface area (Å²) in [7, 11) is 0. The number of hydrogen-bond donors (Lipinski definition) is 1. The van der Waals surface area contributed by atoms with Gasteiger partial charge in [-0.1, -0.05) is 39.3 Å². The van der Waals surface area contributed by atoms with Gasteiger partial charge < -0.3 is 10.5 Å². The Kier molecular flexibility index (Phi) is 7.03. The fourth-order valence-electron chi connectivity index (χ4n) is 1.91. The SMILES string of the molecule is CCC/C=C/C(C)([C@H](C)N)C(C)(C)OCCC. The second-order valence-corrected chi connectivity index (χ2v) is 5.62. The highest BCUT2D eigenvalue weighted by Gasteiger charge is 2.42. The molecule has 0 aliphatic rings. The lowest BCUT2D eigenvalue weighted by atomic mass is 9.70. The van der Waals surface area contributed by atoms with Crippen molar-refractivity contribution >= 4 is 0 Å². The van der Waals surface area contributed by atoms with Gasteiger partial charge in [0.15, 0.2) is 0 Å². The second-order valence-electron chi connectivity index (χ2n) is 5.62. The minimum absolute atomic E-state index is 0.0717. The van der Waals surface area contributed by atoms with E-state index in [1.807, 2.05) is 0 Å². The van der Waals surface area contributed by atoms with E-state index in [4.69, 9.17) is 10.5 Å². The van der Waals surface area contributed by atoms with E-state index in [-0.39, 0.29) is 17.1 Å². The smallest absolute Gasteiger partial charge is 0.0728 e. The Morgan fingerprint density at radius 2 is 1.76 bits per heavy atom. The lowest BCUT2D eigenvalue weighted by Gasteiger charge is -2.45. The fraction of sp³-hybridized carbons (Fsp3) is 0.867. The van der Waals surface area contributed by atoms with Crippen molar-refractivity contribution in [2.75, 3.05) is 6.61 Å². The van der Waals surface area contributed by atoms with Crippen LogP contribution in [0.2, 0.25) is 0 Å². The van der Waals surface area contributed by atoms with Crippen LogP contribution in [-0.4, -0.2) is 18.2 Å². The third-order valence-corrected chi connectivity index (χ3v) is 3.83. The van der Waals surface area contributed by atoms with Crippen molar-refractivity contribution in [1.29, 1.82) is 0 Å². The Morgan fingerprint density at radius 1 is 1.18 bits per heavy atom. The molecule has 0 amide bonds. The third-order valence-electron chi connectivity index (χ3n) is 3.83. The van der Waals surface area contributed by atoms with E-state index in [2.05, 4.69) is 53.7 Å². The van der Waals surface area contributed by atoms with Crippen molar-refractivity contribution in [2.24, 2.45) is 11.1 Å². The van der Waals surface area contributed by atoms with E-state index in [1.54, 1.807) is 0 Å². The van der Waals surface area contributed by atoms with Crippen molar-refractivity contribution in [1.82, 2.24) is 0 Å². The van der Waals surface area contributed by atoms with Crippen molar-refractivity contribution in [3.05, 3.63) is 12.2 Å². The van der Waals surface area contributed by atoms with Gasteiger partial charge in [0, 0.05) is 18.1 Å². The summed E-state index contributed by atoms with van der Waals surface area (Å²) in [6.45, 7) is 13.6. The topological polar surface area (TPSA) is 35.2 Å². The molecule has 2 N–H and O–H groups in total. The molecule has 0 aliphatic heterocycles. The van der Waals surface area contributed by atoms with Gasteiger partial charge in [0.1, 0.15) is 0 Å². The summed E-state index contributed by atoms with van der Waals surface area (Å²) >= 11 is 0. The molecule has 1 unspecified atom stereocenters. The summed E-state index contributed by atoms with van der Waals surface area (Å²) < 4.78 is 6.00. The first-order chi connectivity index (χ1) is 7.81. The van der Waals surface area contributed by atoms with E-state index in [0.29, 0.717) is 0 Å². The number of rotatable bonds is 8. The normalized spacial score (nSPS) is 18.3. The van der Waals surface area contributed by atoms with Crippen LogP contribution in [0.1, 0.15) is 60.8 Å². The molecule has 2 atom stereocenters. The maximum atomic E-state index is 6.18. The number of allylic oxidation sites excluding steroid dienone is 1. The molecule has 0 aliphatic carbocycles. The van der Waals surface area contributed by atoms with E-state index in [0.717, 1.165) is 19.4 Å². The van der Waals surface area contributed by atoms with Crippen LogP contribution in [0.5, 0.6) is 0 Å². The zero-order valence-electron chi connectivity index (χ0n) is 12.5. The molecule has 0 spiro atoms. The summed E-state index contributed by atoms with van der Waals surface area (Å²) in [6.07, 6.45) is 7.79. The Balaban J connectivity index is 4.91. The highest BCUT2D eigenvalue weighted by Crippen LogP contribution is 2.38. The van der Waals surface area contributed by atoms with Gasteiger partial charge in [0.05, 0.1) is 5.60 Å². The minimum atomic E-state index is -0.235. The highest BCUT2D eigenvalue weighted by atomic mass is 16.5. The van der Waals surface area contributed by atoms with E-state index in [1.165, 1.54) is 6.42 Å². The largest absolute Gasteiger partial charge is 0.375 e. The molecule has 0 rings (SSSR count). The highest BCUT2D eigenvalue weighted by molar-refractivity contribution is 5.10. The zero-order chi connectivity index (χ0) is 13.5. The van der Waals surface area contributed by atoms with Crippen LogP contribution in [-0.2, 0) is 4.74 Å². The number of ether oxygens (including phenoxy) is 1. The van der Waals surface area contributed by atoms with Crippen LogP contribution < -0.4 is 5.73 Å². The van der Waals surface area contributed by atoms with Gasteiger partial charge >= 0.3 is 0 Å². The van der Waals surface area contributed by atoms with Crippen LogP contribution in [0.3, 0.4) is 0 Å².